The molecular formula is C68H116N10O24S2. The van der Waals surface area contributed by atoms with Crippen LogP contribution in [0.3, 0.4) is 0 Å². The van der Waals surface area contributed by atoms with Crippen molar-refractivity contribution in [1.29, 1.82) is 0 Å². The number of thiocarbonyl (C=S) groups is 2. The molecule has 0 spiro atoms. The summed E-state index contributed by atoms with van der Waals surface area (Å²) in [6, 6.07) is 4.41. The number of fused-ring (bicyclic) bond motifs is 24. The molecule has 5 aliphatic rings. The summed E-state index contributed by atoms with van der Waals surface area (Å²) in [5.74, 6) is -3.09. The van der Waals surface area contributed by atoms with Gasteiger partial charge in [0.05, 0.1) is 100 Å². The number of carbonyl (C=O) groups excluding carboxylic acids is 6. The van der Waals surface area contributed by atoms with Crippen molar-refractivity contribution in [3.63, 3.8) is 0 Å². The molecule has 104 heavy (non-hydrogen) atoms. The molecule has 19 N–H and O–H groups in total. The fourth-order valence-corrected chi connectivity index (χ4v) is 13.2. The number of hydrogen-bond donors (Lipinski definition) is 18. The first-order valence-corrected chi connectivity index (χ1v) is 35.7. The molecule has 1 aromatic rings. The van der Waals surface area contributed by atoms with E-state index < -0.39 is 192 Å². The van der Waals surface area contributed by atoms with Crippen molar-refractivity contribution < 1.29 is 117 Å². The maximum atomic E-state index is 14.2. The zero-order chi connectivity index (χ0) is 77.9. The number of rotatable bonds is 20. The van der Waals surface area contributed by atoms with Gasteiger partial charge in [0.15, 0.2) is 10.2 Å². The monoisotopic (exact) mass is 1520 g/mol. The van der Waals surface area contributed by atoms with Crippen molar-refractivity contribution in [3.05, 3.63) is 24.3 Å². The van der Waals surface area contributed by atoms with Crippen LogP contribution >= 0.6 is 24.4 Å². The van der Waals surface area contributed by atoms with Gasteiger partial charge >= 0.3 is 0 Å². The summed E-state index contributed by atoms with van der Waals surface area (Å²) in [7, 11) is 0. The minimum Gasteiger partial charge on any atom is -0.394 e. The fraction of sp³-hybridized carbons (Fsp3) is 0.794. The number of nitrogens with two attached hydrogens (primary N) is 1. The van der Waals surface area contributed by atoms with Crippen molar-refractivity contribution in [2.75, 3.05) is 96.4 Å². The van der Waals surface area contributed by atoms with Gasteiger partial charge in [0.2, 0.25) is 35.4 Å². The summed E-state index contributed by atoms with van der Waals surface area (Å²) in [6.45, 7) is 18.4. The highest BCUT2D eigenvalue weighted by molar-refractivity contribution is 7.80. The lowest BCUT2D eigenvalue weighted by molar-refractivity contribution is -0.317. The number of benzene rings is 1. The molecule has 34 nitrogen and oxygen atoms in total. The molecule has 2 bridgehead atoms. The van der Waals surface area contributed by atoms with E-state index in [2.05, 4.69) is 47.9 Å². The Labute approximate surface area is 618 Å². The lowest BCUT2D eigenvalue weighted by Gasteiger charge is -2.53. The van der Waals surface area contributed by atoms with E-state index in [1.54, 1.807) is 107 Å². The topological polar surface area (TPSA) is 491 Å². The molecule has 5 saturated heterocycles. The first-order valence-electron chi connectivity index (χ1n) is 34.9. The van der Waals surface area contributed by atoms with Crippen LogP contribution in [-0.4, -0.2) is 303 Å². The molecule has 5 aliphatic heterocycles. The summed E-state index contributed by atoms with van der Waals surface area (Å²) < 4.78 is 63.2. The first-order chi connectivity index (χ1) is 48.4. The SMILES string of the molecule is CC(=O)NC1C(O)C(O)C(CO)OC1C(C)(C)OC(C)(C)CNC(=O)CCOCC1(NC(=O)CNC(=S)Nc2ccc(NC(N)=S)cc2)COCCC(=O)NC(C)(C)CCOC(C)(C)C2OC(CO)C(OC3C(O)C(O)C(CO)OC3C(C)(C)OCCC(C)(C)NC(=O)CCOC1)C(O)C2NC(C)=O. The molecule has 0 saturated carbocycles. The molecule has 16 atom stereocenters. The third-order valence-corrected chi connectivity index (χ3v) is 18.5. The van der Waals surface area contributed by atoms with E-state index in [1.807, 2.05) is 0 Å². The number of hydrogen-bond acceptors (Lipinski definition) is 26. The van der Waals surface area contributed by atoms with Crippen LogP contribution in [0, 0.1) is 0 Å². The molecular weight excluding hydrogens is 1400 g/mol. The van der Waals surface area contributed by atoms with Gasteiger partial charge in [-0.2, -0.15) is 0 Å². The van der Waals surface area contributed by atoms with Crippen molar-refractivity contribution in [2.45, 2.75) is 259 Å². The van der Waals surface area contributed by atoms with Gasteiger partial charge in [-0.15, -0.1) is 0 Å². The lowest BCUT2D eigenvalue weighted by Crippen LogP contribution is -2.72. The molecule has 5 heterocycles. The zero-order valence-corrected chi connectivity index (χ0v) is 63.8. The van der Waals surface area contributed by atoms with E-state index in [1.165, 1.54) is 13.8 Å². The van der Waals surface area contributed by atoms with Crippen molar-refractivity contribution in [2.24, 2.45) is 5.73 Å². The van der Waals surface area contributed by atoms with Gasteiger partial charge in [-0.3, -0.25) is 28.8 Å². The Balaban J connectivity index is 1.41. The number of amides is 6. The molecule has 5 fully saturated rings. The Bertz CT molecular complexity index is 2990. The van der Waals surface area contributed by atoms with Gasteiger partial charge < -0.3 is 142 Å². The van der Waals surface area contributed by atoms with Crippen LogP contribution in [0.1, 0.15) is 129 Å². The predicted molar refractivity (Wildman–Crippen MR) is 385 cm³/mol. The standard InChI is InChI=1S/C68H116N10O24S2/c1-37(82)72-48-52(90)50(88)41(30-79)98-58(48)67(13,14)102-64(7,8)33-71-44(84)19-24-93-34-68(78-47(87)29-70-61(104)75-40-17-15-39(16-18-40)74-60(69)103)35-94-25-20-45(85)76-62(3,4)22-27-96-65(9,10)57-49(73-38(2)83)53(91)55(43(32-81)100-57)101-56-54(92)51(89)42(31-80)99-59(56)66(11,12)97-28-23-63(5,6)77-46(86)21-26-95-36-68/h15-18,41-43,48-59,79-81,88-92H,19-36H2,1-14H3,(H,71,84)(H,72,82)(H,73,83)(H,76,85)(H,77,86)(H,78,87)(H3,69,74,103)(H2,70,75,104). The quantitative estimate of drug-likeness (QED) is 0.0471. The second-order valence-electron chi connectivity index (χ2n) is 30.4. The van der Waals surface area contributed by atoms with Gasteiger partial charge in [0, 0.05) is 75.3 Å². The minimum absolute atomic E-state index is 0.0145. The largest absolute Gasteiger partial charge is 0.394 e. The number of anilines is 2. The molecule has 6 amide bonds. The fourth-order valence-electron chi connectivity index (χ4n) is 12.9. The van der Waals surface area contributed by atoms with E-state index >= 15 is 0 Å². The van der Waals surface area contributed by atoms with Crippen LogP contribution < -0.4 is 53.6 Å². The van der Waals surface area contributed by atoms with Crippen molar-refractivity contribution >= 4 is 81.5 Å². The molecule has 0 aromatic heterocycles. The lowest BCUT2D eigenvalue weighted by atomic mass is 9.83. The van der Waals surface area contributed by atoms with Crippen LogP contribution in [0.25, 0.3) is 0 Å². The average molecular weight is 1520 g/mol. The van der Waals surface area contributed by atoms with Crippen LogP contribution in [0.2, 0.25) is 0 Å². The number of ether oxygens (including phenoxy) is 10. The summed E-state index contributed by atoms with van der Waals surface area (Å²) in [6.07, 6.45) is -18.8. The second kappa shape index (κ2) is 39.2. The number of nitrogens with one attached hydrogen (secondary N) is 9. The molecule has 6 rings (SSSR count). The van der Waals surface area contributed by atoms with E-state index in [4.69, 9.17) is 77.5 Å². The summed E-state index contributed by atoms with van der Waals surface area (Å²) in [5.41, 5.74) is -1.87. The van der Waals surface area contributed by atoms with Crippen LogP contribution in [0.15, 0.2) is 24.3 Å². The Morgan fingerprint density at radius 1 is 0.615 bits per heavy atom. The van der Waals surface area contributed by atoms with Crippen LogP contribution in [-0.2, 0) is 76.1 Å². The van der Waals surface area contributed by atoms with Gasteiger partial charge in [0.1, 0.15) is 84.9 Å². The normalized spacial score (nSPS) is 31.4. The summed E-state index contributed by atoms with van der Waals surface area (Å²) in [4.78, 5) is 80.6. The van der Waals surface area contributed by atoms with E-state index in [9.17, 15) is 69.6 Å². The zero-order valence-electron chi connectivity index (χ0n) is 62.2. The van der Waals surface area contributed by atoms with Crippen molar-refractivity contribution in [1.82, 2.24) is 37.2 Å². The molecule has 1 aromatic carbocycles. The summed E-state index contributed by atoms with van der Waals surface area (Å²) >= 11 is 10.5. The Morgan fingerprint density at radius 3 is 1.62 bits per heavy atom. The summed E-state index contributed by atoms with van der Waals surface area (Å²) in [5, 5.41) is 114. The minimum atomic E-state index is -1.77. The maximum absolute atomic E-state index is 14.2. The Morgan fingerprint density at radius 2 is 1.11 bits per heavy atom. The molecule has 36 heteroatoms. The van der Waals surface area contributed by atoms with E-state index in [-0.39, 0.29) is 102 Å². The Hall–Kier alpha value is -5.30. The third kappa shape index (κ3) is 27.1. The maximum Gasteiger partial charge on any atom is 0.240 e. The number of aliphatic hydroxyl groups excluding tert-OH is 8. The highest BCUT2D eigenvalue weighted by Crippen LogP contribution is 2.39. The number of carbonyl (C=O) groups is 6. The number of aliphatic hydroxyl groups is 8. The second-order valence-corrected chi connectivity index (χ2v) is 31.3. The average Bonchev–Trinajstić information content (AvgIpc) is 0.761. The molecule has 16 unspecified atom stereocenters. The Kier molecular flexibility index (Phi) is 33.7. The molecule has 594 valence electrons. The third-order valence-electron chi connectivity index (χ3n) is 18.2. The van der Waals surface area contributed by atoms with Gasteiger partial charge in [-0.25, -0.2) is 0 Å². The van der Waals surface area contributed by atoms with Gasteiger partial charge in [-0.05, 0) is 145 Å². The first kappa shape index (κ1) is 89.3. The van der Waals surface area contributed by atoms with Crippen LogP contribution in [0.4, 0.5) is 11.4 Å². The van der Waals surface area contributed by atoms with Crippen molar-refractivity contribution in [3.8, 4) is 0 Å². The predicted octanol–water partition coefficient (Wildman–Crippen LogP) is -2.59. The highest BCUT2D eigenvalue weighted by atomic mass is 32.1. The van der Waals surface area contributed by atoms with E-state index in [0.717, 1.165) is 0 Å². The van der Waals surface area contributed by atoms with E-state index in [0.29, 0.717) is 11.4 Å². The van der Waals surface area contributed by atoms with Crippen LogP contribution in [0.5, 0.6) is 0 Å². The molecule has 0 radical (unpaired) electrons. The molecule has 0 aliphatic carbocycles. The van der Waals surface area contributed by atoms with Gasteiger partial charge in [-0.1, -0.05) is 0 Å². The highest BCUT2D eigenvalue weighted by Gasteiger charge is 2.58. The van der Waals surface area contributed by atoms with Gasteiger partial charge in [0.25, 0.3) is 0 Å². The smallest absolute Gasteiger partial charge is 0.240 e.